The molecule has 2 fully saturated rings. The lowest BCUT2D eigenvalue weighted by Gasteiger charge is -2.39. The van der Waals surface area contributed by atoms with E-state index in [-0.39, 0.29) is 30.1 Å². The number of para-hydroxylation sites is 1. The van der Waals surface area contributed by atoms with Crippen LogP contribution in [-0.2, 0) is 16.0 Å². The number of fused-ring (bicyclic) bond motifs is 2. The van der Waals surface area contributed by atoms with Crippen LogP contribution in [0.15, 0.2) is 28.8 Å². The Hall–Kier alpha value is -2.51. The lowest BCUT2D eigenvalue weighted by atomic mass is 9.67. The minimum atomic E-state index is -2.94. The highest BCUT2D eigenvalue weighted by Gasteiger charge is 2.48. The summed E-state index contributed by atoms with van der Waals surface area (Å²) in [6, 6.07) is 7.36. The monoisotopic (exact) mass is 363 g/mol. The van der Waals surface area contributed by atoms with Gasteiger partial charge in [-0.3, -0.25) is 9.59 Å². The number of carbonyl (C=O) groups excluding carboxylic acids is 2. The molecule has 2 aliphatic rings. The van der Waals surface area contributed by atoms with E-state index in [9.17, 15) is 18.4 Å². The van der Waals surface area contributed by atoms with Crippen molar-refractivity contribution in [2.24, 2.45) is 17.8 Å². The third kappa shape index (κ3) is 3.04. The molecule has 1 saturated heterocycles. The van der Waals surface area contributed by atoms with E-state index in [1.54, 1.807) is 6.07 Å². The number of hydrogen-bond donors (Lipinski definition) is 1. The van der Waals surface area contributed by atoms with Crippen LogP contribution in [0.5, 0.6) is 0 Å². The van der Waals surface area contributed by atoms with Crippen molar-refractivity contribution in [2.75, 3.05) is 19.6 Å². The van der Waals surface area contributed by atoms with Crippen molar-refractivity contribution in [3.63, 3.8) is 0 Å². The number of hydrogen-bond acceptors (Lipinski definition) is 4. The Morgan fingerprint density at radius 1 is 1.31 bits per heavy atom. The fraction of sp³-hybridized carbons (Fsp3) is 0.500. The Balaban J connectivity index is 1.28. The first-order valence-corrected chi connectivity index (χ1v) is 8.70. The minimum Gasteiger partial charge on any atom is -0.356 e. The predicted octanol–water partition coefficient (Wildman–Crippen LogP) is 1.85. The molecule has 1 aliphatic heterocycles. The summed E-state index contributed by atoms with van der Waals surface area (Å²) in [5.74, 6) is -0.524. The van der Waals surface area contributed by atoms with E-state index in [0.29, 0.717) is 30.9 Å². The second-order valence-corrected chi connectivity index (χ2v) is 7.07. The number of likely N-dealkylation sites (tertiary alicyclic amines) is 1. The van der Waals surface area contributed by atoms with Crippen LogP contribution in [0, 0.1) is 17.8 Å². The smallest absolute Gasteiger partial charge is 0.315 e. The topological polar surface area (TPSA) is 75.4 Å². The van der Waals surface area contributed by atoms with Crippen molar-refractivity contribution in [3.8, 4) is 0 Å². The van der Waals surface area contributed by atoms with Crippen molar-refractivity contribution in [1.29, 1.82) is 0 Å². The van der Waals surface area contributed by atoms with Crippen molar-refractivity contribution >= 4 is 22.8 Å². The normalized spacial score (nSPS) is 24.6. The van der Waals surface area contributed by atoms with Gasteiger partial charge in [0.05, 0.1) is 6.42 Å². The number of nitrogens with one attached hydrogen (secondary N) is 1. The number of carbonyl (C=O) groups is 2. The van der Waals surface area contributed by atoms with Crippen LogP contribution in [0.2, 0.25) is 0 Å². The van der Waals surface area contributed by atoms with E-state index in [2.05, 4.69) is 10.5 Å². The summed E-state index contributed by atoms with van der Waals surface area (Å²) in [5.41, 5.74) is 1.24. The van der Waals surface area contributed by atoms with Gasteiger partial charge in [-0.05, 0) is 36.3 Å². The molecule has 1 saturated carbocycles. The zero-order valence-corrected chi connectivity index (χ0v) is 14.0. The van der Waals surface area contributed by atoms with Crippen LogP contribution in [0.3, 0.4) is 0 Å². The fourth-order valence-electron chi connectivity index (χ4n) is 4.13. The number of aromatic nitrogens is 1. The van der Waals surface area contributed by atoms with E-state index in [0.717, 1.165) is 11.8 Å². The molecule has 1 aromatic carbocycles. The quantitative estimate of drug-likeness (QED) is 0.880. The molecule has 0 unspecified atom stereocenters. The first-order valence-electron chi connectivity index (χ1n) is 8.70. The maximum absolute atomic E-state index is 12.5. The largest absolute Gasteiger partial charge is 0.356 e. The van der Waals surface area contributed by atoms with E-state index in [1.165, 1.54) is 4.90 Å². The molecule has 1 N–H and O–H groups in total. The molecule has 2 heterocycles. The van der Waals surface area contributed by atoms with Gasteiger partial charge in [-0.15, -0.1) is 0 Å². The fourth-order valence-corrected chi connectivity index (χ4v) is 4.13. The van der Waals surface area contributed by atoms with Gasteiger partial charge in [-0.1, -0.05) is 17.3 Å². The summed E-state index contributed by atoms with van der Waals surface area (Å²) >= 11 is 0. The molecule has 1 aliphatic carbocycles. The summed E-state index contributed by atoms with van der Waals surface area (Å²) in [6.07, 6.45) is -1.96. The van der Waals surface area contributed by atoms with Gasteiger partial charge >= 0.3 is 6.43 Å². The highest BCUT2D eigenvalue weighted by atomic mass is 19.3. The second-order valence-electron chi connectivity index (χ2n) is 7.07. The number of amides is 2. The van der Waals surface area contributed by atoms with Gasteiger partial charge in [-0.2, -0.15) is 8.78 Å². The minimum absolute atomic E-state index is 0.133. The van der Waals surface area contributed by atoms with E-state index in [1.807, 2.05) is 18.2 Å². The Bertz CT molecular complexity index is 838. The van der Waals surface area contributed by atoms with E-state index < -0.39 is 12.3 Å². The van der Waals surface area contributed by atoms with Crippen LogP contribution in [-0.4, -0.2) is 47.9 Å². The summed E-state index contributed by atoms with van der Waals surface area (Å²) in [7, 11) is 0. The zero-order chi connectivity index (χ0) is 18.3. The van der Waals surface area contributed by atoms with Crippen LogP contribution >= 0.6 is 0 Å². The maximum Gasteiger partial charge on any atom is 0.315 e. The first kappa shape index (κ1) is 16.9. The van der Waals surface area contributed by atoms with Gasteiger partial charge in [-0.25, -0.2) is 0 Å². The van der Waals surface area contributed by atoms with Gasteiger partial charge in [0.15, 0.2) is 5.58 Å². The number of benzene rings is 1. The van der Waals surface area contributed by atoms with E-state index >= 15 is 0 Å². The molecular weight excluding hydrogens is 344 g/mol. The molecule has 1 aromatic heterocycles. The Morgan fingerprint density at radius 3 is 2.92 bits per heavy atom. The molecule has 0 spiro atoms. The number of halogens is 2. The molecule has 6 nitrogen and oxygen atoms in total. The first-order chi connectivity index (χ1) is 12.5. The molecule has 3 atom stereocenters. The van der Waals surface area contributed by atoms with Gasteiger partial charge in [0, 0.05) is 25.0 Å². The second kappa shape index (κ2) is 6.66. The van der Waals surface area contributed by atoms with Gasteiger partial charge < -0.3 is 14.7 Å². The highest BCUT2D eigenvalue weighted by Crippen LogP contribution is 2.45. The van der Waals surface area contributed by atoms with Crippen LogP contribution in [0.4, 0.5) is 8.78 Å². The molecule has 138 valence electrons. The molecule has 4 rings (SSSR count). The lowest BCUT2D eigenvalue weighted by Crippen LogP contribution is -2.43. The lowest BCUT2D eigenvalue weighted by molar-refractivity contribution is -0.141. The molecule has 26 heavy (non-hydrogen) atoms. The SMILES string of the molecule is O=C(Cc1noc2ccccc12)NC[C@@H]1C[C@H]2CN(C(=O)C(F)F)C[C@@H]12. The van der Waals surface area contributed by atoms with Crippen LogP contribution in [0.25, 0.3) is 11.0 Å². The predicted molar refractivity (Wildman–Crippen MR) is 88.4 cm³/mol. The molecule has 0 bridgehead atoms. The number of rotatable bonds is 5. The third-order valence-corrected chi connectivity index (χ3v) is 5.54. The van der Waals surface area contributed by atoms with Crippen molar-refractivity contribution in [3.05, 3.63) is 30.0 Å². The summed E-state index contributed by atoms with van der Waals surface area (Å²) < 4.78 is 30.3. The van der Waals surface area contributed by atoms with Crippen molar-refractivity contribution < 1.29 is 22.9 Å². The maximum atomic E-state index is 12.5. The Labute approximate surface area is 148 Å². The standard InChI is InChI=1S/C18H19F2N3O3/c19-17(20)18(25)23-8-11-5-10(13(11)9-23)7-21-16(24)6-14-12-3-1-2-4-15(12)26-22-14/h1-4,10-11,13,17H,5-9H2,(H,21,24)/t10-,11-,13-/m0/s1. The van der Waals surface area contributed by atoms with Gasteiger partial charge in [0.2, 0.25) is 5.91 Å². The number of alkyl halides is 2. The summed E-state index contributed by atoms with van der Waals surface area (Å²) in [5, 5.41) is 7.66. The van der Waals surface area contributed by atoms with Crippen molar-refractivity contribution in [2.45, 2.75) is 19.3 Å². The van der Waals surface area contributed by atoms with Crippen molar-refractivity contribution in [1.82, 2.24) is 15.4 Å². The zero-order valence-electron chi connectivity index (χ0n) is 14.0. The third-order valence-electron chi connectivity index (χ3n) is 5.54. The Morgan fingerprint density at radius 2 is 2.12 bits per heavy atom. The van der Waals surface area contributed by atoms with Crippen LogP contribution < -0.4 is 5.32 Å². The van der Waals surface area contributed by atoms with Crippen LogP contribution in [0.1, 0.15) is 12.1 Å². The molecule has 8 heteroatoms. The molecule has 2 amide bonds. The average Bonchev–Trinajstić information content (AvgIpc) is 3.16. The molecule has 0 radical (unpaired) electrons. The van der Waals surface area contributed by atoms with E-state index in [4.69, 9.17) is 4.52 Å². The summed E-state index contributed by atoms with van der Waals surface area (Å²) in [4.78, 5) is 24.9. The molecule has 2 aromatic rings. The Kier molecular flexibility index (Phi) is 4.34. The highest BCUT2D eigenvalue weighted by molar-refractivity contribution is 5.86. The summed E-state index contributed by atoms with van der Waals surface area (Å²) in [6.45, 7) is 1.26. The molecular formula is C18H19F2N3O3. The average molecular weight is 363 g/mol. The van der Waals surface area contributed by atoms with Gasteiger partial charge in [0.1, 0.15) is 5.69 Å². The van der Waals surface area contributed by atoms with Gasteiger partial charge in [0.25, 0.3) is 5.91 Å². The number of nitrogens with zero attached hydrogens (tertiary/aromatic N) is 2.